The van der Waals surface area contributed by atoms with Crippen molar-refractivity contribution in [3.63, 3.8) is 0 Å². The lowest BCUT2D eigenvalue weighted by Crippen LogP contribution is -2.46. The van der Waals surface area contributed by atoms with Crippen molar-refractivity contribution < 1.29 is 4.79 Å². The molecular formula is C6H10N4O. The molecule has 0 radical (unpaired) electrons. The molecule has 5 N–H and O–H groups in total. The number of amides is 1. The van der Waals surface area contributed by atoms with Crippen molar-refractivity contribution >= 4 is 5.91 Å². The third-order valence-electron chi connectivity index (χ3n) is 1.27. The van der Waals surface area contributed by atoms with E-state index in [1.165, 1.54) is 6.20 Å². The van der Waals surface area contributed by atoms with Gasteiger partial charge in [-0.05, 0) is 6.20 Å². The van der Waals surface area contributed by atoms with Crippen LogP contribution in [0.25, 0.3) is 0 Å². The molecule has 0 saturated heterocycles. The Morgan fingerprint density at radius 1 is 1.64 bits per heavy atom. The molecule has 1 rings (SSSR count). The Bertz CT molecular complexity index is 221. The van der Waals surface area contributed by atoms with Gasteiger partial charge in [-0.25, -0.2) is 0 Å². The summed E-state index contributed by atoms with van der Waals surface area (Å²) in [4.78, 5) is 10.9. The summed E-state index contributed by atoms with van der Waals surface area (Å²) in [5, 5.41) is 8.06. The topological polar surface area (TPSA) is 79.2 Å². The number of nitrogens with two attached hydrogens (primary N) is 1. The smallest absolute Gasteiger partial charge is 0.272 e. The lowest BCUT2D eigenvalue weighted by Gasteiger charge is -2.19. The standard InChI is InChI=1S/C6H10N4O/c1-2-8-5-4(7)6(11)10-3-9-5/h2,8-9H,1,3,7H2,(H,10,11). The summed E-state index contributed by atoms with van der Waals surface area (Å²) in [5.74, 6) is 0.233. The molecule has 5 heteroatoms. The van der Waals surface area contributed by atoms with E-state index in [0.717, 1.165) is 0 Å². The molecule has 0 aromatic carbocycles. The van der Waals surface area contributed by atoms with Gasteiger partial charge < -0.3 is 21.7 Å². The van der Waals surface area contributed by atoms with Gasteiger partial charge in [-0.15, -0.1) is 0 Å². The van der Waals surface area contributed by atoms with Gasteiger partial charge in [-0.2, -0.15) is 0 Å². The number of carbonyl (C=O) groups is 1. The molecule has 60 valence electrons. The van der Waals surface area contributed by atoms with Gasteiger partial charge in [-0.1, -0.05) is 6.58 Å². The number of carbonyl (C=O) groups excluding carboxylic acids is 1. The Hall–Kier alpha value is -1.65. The lowest BCUT2D eigenvalue weighted by molar-refractivity contribution is -0.118. The summed E-state index contributed by atoms with van der Waals surface area (Å²) in [6, 6.07) is 0. The highest BCUT2D eigenvalue weighted by molar-refractivity contribution is 5.93. The zero-order valence-corrected chi connectivity index (χ0v) is 5.98. The molecule has 0 saturated carbocycles. The summed E-state index contributed by atoms with van der Waals surface area (Å²) in [5.41, 5.74) is 5.55. The minimum Gasteiger partial charge on any atom is -0.391 e. The van der Waals surface area contributed by atoms with Gasteiger partial charge in [0.1, 0.15) is 11.5 Å². The Balaban J connectivity index is 2.79. The monoisotopic (exact) mass is 154 g/mol. The molecule has 1 heterocycles. The van der Waals surface area contributed by atoms with Crippen LogP contribution in [0.3, 0.4) is 0 Å². The number of hydrogen-bond donors (Lipinski definition) is 4. The lowest BCUT2D eigenvalue weighted by atomic mass is 10.3. The second-order valence-corrected chi connectivity index (χ2v) is 2.00. The first-order chi connectivity index (χ1) is 5.25. The van der Waals surface area contributed by atoms with Gasteiger partial charge in [0.2, 0.25) is 0 Å². The van der Waals surface area contributed by atoms with Crippen LogP contribution < -0.4 is 21.7 Å². The van der Waals surface area contributed by atoms with E-state index >= 15 is 0 Å². The first-order valence-corrected chi connectivity index (χ1v) is 3.15. The molecule has 0 unspecified atom stereocenters. The third kappa shape index (κ3) is 1.43. The molecule has 0 bridgehead atoms. The van der Waals surface area contributed by atoms with Crippen molar-refractivity contribution in [2.75, 3.05) is 6.67 Å². The quantitative estimate of drug-likeness (QED) is 0.391. The molecular weight excluding hydrogens is 144 g/mol. The first kappa shape index (κ1) is 7.46. The molecule has 0 aliphatic carbocycles. The van der Waals surface area contributed by atoms with Crippen LogP contribution >= 0.6 is 0 Å². The van der Waals surface area contributed by atoms with E-state index in [2.05, 4.69) is 22.5 Å². The Morgan fingerprint density at radius 2 is 2.36 bits per heavy atom. The second kappa shape index (κ2) is 2.96. The van der Waals surface area contributed by atoms with E-state index in [4.69, 9.17) is 5.73 Å². The fourth-order valence-corrected chi connectivity index (χ4v) is 0.748. The highest BCUT2D eigenvalue weighted by Crippen LogP contribution is 1.94. The maximum Gasteiger partial charge on any atom is 0.272 e. The molecule has 0 aromatic heterocycles. The second-order valence-electron chi connectivity index (χ2n) is 2.00. The highest BCUT2D eigenvalue weighted by Gasteiger charge is 2.14. The average Bonchev–Trinajstić information content (AvgIpc) is 1.99. The van der Waals surface area contributed by atoms with Crippen LogP contribution in [0.4, 0.5) is 0 Å². The summed E-state index contributed by atoms with van der Waals surface area (Å²) in [6.07, 6.45) is 1.45. The summed E-state index contributed by atoms with van der Waals surface area (Å²) < 4.78 is 0. The van der Waals surface area contributed by atoms with Crippen molar-refractivity contribution in [3.05, 3.63) is 24.3 Å². The SMILES string of the molecule is C=CNC1=C(N)C(=O)NCN1. The zero-order valence-electron chi connectivity index (χ0n) is 5.98. The molecule has 1 aliphatic rings. The fraction of sp³-hybridized carbons (Fsp3) is 0.167. The summed E-state index contributed by atoms with van der Waals surface area (Å²) in [6.45, 7) is 3.83. The van der Waals surface area contributed by atoms with Crippen molar-refractivity contribution in [1.29, 1.82) is 0 Å². The van der Waals surface area contributed by atoms with Crippen LogP contribution in [0.1, 0.15) is 0 Å². The van der Waals surface area contributed by atoms with Crippen LogP contribution in [0, 0.1) is 0 Å². The first-order valence-electron chi connectivity index (χ1n) is 3.15. The average molecular weight is 154 g/mol. The van der Waals surface area contributed by atoms with Crippen molar-refractivity contribution in [3.8, 4) is 0 Å². The Morgan fingerprint density at radius 3 is 3.00 bits per heavy atom. The third-order valence-corrected chi connectivity index (χ3v) is 1.27. The van der Waals surface area contributed by atoms with Crippen LogP contribution in [-0.4, -0.2) is 12.6 Å². The summed E-state index contributed by atoms with van der Waals surface area (Å²) in [7, 11) is 0. The van der Waals surface area contributed by atoms with Gasteiger partial charge in [0.05, 0.1) is 6.67 Å². The minimum atomic E-state index is -0.270. The van der Waals surface area contributed by atoms with E-state index in [1.807, 2.05) is 0 Å². The summed E-state index contributed by atoms with van der Waals surface area (Å²) >= 11 is 0. The van der Waals surface area contributed by atoms with E-state index in [-0.39, 0.29) is 11.6 Å². The van der Waals surface area contributed by atoms with Gasteiger partial charge in [0.25, 0.3) is 5.91 Å². The molecule has 0 fully saturated rings. The molecule has 0 spiro atoms. The van der Waals surface area contributed by atoms with Gasteiger partial charge in [0, 0.05) is 0 Å². The Labute approximate surface area is 64.3 Å². The molecule has 0 aromatic rings. The van der Waals surface area contributed by atoms with Gasteiger partial charge in [-0.3, -0.25) is 4.79 Å². The predicted molar refractivity (Wildman–Crippen MR) is 40.7 cm³/mol. The normalized spacial score (nSPS) is 16.9. The zero-order chi connectivity index (χ0) is 8.27. The number of hydrogen-bond acceptors (Lipinski definition) is 4. The van der Waals surface area contributed by atoms with Crippen molar-refractivity contribution in [2.24, 2.45) is 5.73 Å². The maximum absolute atomic E-state index is 10.9. The van der Waals surface area contributed by atoms with Crippen LogP contribution in [0.15, 0.2) is 24.3 Å². The van der Waals surface area contributed by atoms with Gasteiger partial charge >= 0.3 is 0 Å². The van der Waals surface area contributed by atoms with E-state index in [0.29, 0.717) is 12.5 Å². The largest absolute Gasteiger partial charge is 0.391 e. The van der Waals surface area contributed by atoms with E-state index in [9.17, 15) is 4.79 Å². The molecule has 5 nitrogen and oxygen atoms in total. The number of rotatable bonds is 2. The molecule has 11 heavy (non-hydrogen) atoms. The van der Waals surface area contributed by atoms with E-state index < -0.39 is 0 Å². The van der Waals surface area contributed by atoms with Crippen LogP contribution in [0.2, 0.25) is 0 Å². The van der Waals surface area contributed by atoms with Crippen LogP contribution in [-0.2, 0) is 4.79 Å². The minimum absolute atomic E-state index is 0.149. The molecule has 1 aliphatic heterocycles. The highest BCUT2D eigenvalue weighted by atomic mass is 16.2. The van der Waals surface area contributed by atoms with Crippen molar-refractivity contribution in [1.82, 2.24) is 16.0 Å². The number of nitrogens with one attached hydrogen (secondary N) is 3. The molecule has 1 amide bonds. The van der Waals surface area contributed by atoms with Gasteiger partial charge in [0.15, 0.2) is 0 Å². The Kier molecular flexibility index (Phi) is 2.00. The van der Waals surface area contributed by atoms with E-state index in [1.54, 1.807) is 0 Å². The fourth-order valence-electron chi connectivity index (χ4n) is 0.748. The molecule has 0 atom stereocenters. The van der Waals surface area contributed by atoms with Crippen molar-refractivity contribution in [2.45, 2.75) is 0 Å². The van der Waals surface area contributed by atoms with Crippen LogP contribution in [0.5, 0.6) is 0 Å². The predicted octanol–water partition coefficient (Wildman–Crippen LogP) is -1.48. The maximum atomic E-state index is 10.9.